The summed E-state index contributed by atoms with van der Waals surface area (Å²) in [5, 5.41) is 11.0. The smallest absolute Gasteiger partial charge is 0.283 e. The molecule has 0 aliphatic carbocycles. The SMILES string of the molecule is COc1ccccc1-n1c(C)cc(/C=C2\C(=N)N3C(C)=CSC3=NC2=O)c1C. The highest BCUT2D eigenvalue weighted by molar-refractivity contribution is 8.16. The number of nitrogens with one attached hydrogen (secondary N) is 1. The second-order valence-electron chi connectivity index (χ2n) is 6.65. The number of aryl methyl sites for hydroxylation is 1. The van der Waals surface area contributed by atoms with E-state index < -0.39 is 0 Å². The van der Waals surface area contributed by atoms with Crippen molar-refractivity contribution in [1.82, 2.24) is 9.47 Å². The number of ether oxygens (including phenoxy) is 1. The third-order valence-electron chi connectivity index (χ3n) is 4.88. The number of hydrogen-bond donors (Lipinski definition) is 1. The Morgan fingerprint density at radius 1 is 1.21 bits per heavy atom. The van der Waals surface area contributed by atoms with E-state index in [0.29, 0.717) is 10.7 Å². The van der Waals surface area contributed by atoms with E-state index in [1.165, 1.54) is 11.8 Å². The number of amides is 1. The fraction of sp³-hybridized carbons (Fsp3) is 0.190. The predicted molar refractivity (Wildman–Crippen MR) is 113 cm³/mol. The fourth-order valence-electron chi connectivity index (χ4n) is 3.52. The van der Waals surface area contributed by atoms with Crippen LogP contribution in [-0.4, -0.2) is 33.5 Å². The second kappa shape index (κ2) is 6.83. The number of rotatable bonds is 3. The topological polar surface area (TPSA) is 70.7 Å². The molecule has 1 aromatic heterocycles. The van der Waals surface area contributed by atoms with Crippen LogP contribution in [0.5, 0.6) is 5.75 Å². The quantitative estimate of drug-likeness (QED) is 0.792. The zero-order valence-corrected chi connectivity index (χ0v) is 16.9. The van der Waals surface area contributed by atoms with Crippen molar-refractivity contribution in [2.75, 3.05) is 7.11 Å². The van der Waals surface area contributed by atoms with Crippen LogP contribution in [0.1, 0.15) is 23.9 Å². The first kappa shape index (κ1) is 18.3. The maximum Gasteiger partial charge on any atom is 0.283 e. The molecule has 2 aromatic rings. The number of thioether (sulfide) groups is 1. The molecule has 0 fully saturated rings. The first-order valence-electron chi connectivity index (χ1n) is 8.82. The van der Waals surface area contributed by atoms with E-state index in [9.17, 15) is 4.79 Å². The van der Waals surface area contributed by atoms with Gasteiger partial charge in [0, 0.05) is 17.1 Å². The van der Waals surface area contributed by atoms with E-state index in [4.69, 9.17) is 10.1 Å². The highest BCUT2D eigenvalue weighted by Gasteiger charge is 2.34. The molecule has 0 saturated heterocycles. The number of aliphatic imine (C=N–C) groups is 1. The van der Waals surface area contributed by atoms with Crippen LogP contribution in [0.2, 0.25) is 0 Å². The molecule has 142 valence electrons. The maximum absolute atomic E-state index is 12.5. The lowest BCUT2D eigenvalue weighted by atomic mass is 10.1. The molecular formula is C21H20N4O2S. The number of benzene rings is 1. The summed E-state index contributed by atoms with van der Waals surface area (Å²) < 4.78 is 7.60. The normalized spacial score (nSPS) is 17.7. The molecule has 0 radical (unpaired) electrons. The summed E-state index contributed by atoms with van der Waals surface area (Å²) in [7, 11) is 1.65. The Morgan fingerprint density at radius 2 is 1.96 bits per heavy atom. The number of carbonyl (C=O) groups is 1. The van der Waals surface area contributed by atoms with Crippen LogP contribution in [0.25, 0.3) is 11.8 Å². The van der Waals surface area contributed by atoms with Crippen molar-refractivity contribution >= 4 is 34.7 Å². The van der Waals surface area contributed by atoms with Crippen molar-refractivity contribution in [2.24, 2.45) is 4.99 Å². The van der Waals surface area contributed by atoms with E-state index in [2.05, 4.69) is 9.56 Å². The summed E-state index contributed by atoms with van der Waals surface area (Å²) in [6.07, 6.45) is 1.76. The molecule has 6 nitrogen and oxygen atoms in total. The Hall–Kier alpha value is -3.06. The van der Waals surface area contributed by atoms with Crippen molar-refractivity contribution in [3.63, 3.8) is 0 Å². The Labute approximate surface area is 167 Å². The Bertz CT molecular complexity index is 1110. The average molecular weight is 392 g/mol. The monoisotopic (exact) mass is 392 g/mol. The molecule has 0 atom stereocenters. The van der Waals surface area contributed by atoms with Gasteiger partial charge < -0.3 is 9.30 Å². The molecular weight excluding hydrogens is 372 g/mol. The maximum atomic E-state index is 12.5. The summed E-state index contributed by atoms with van der Waals surface area (Å²) in [4.78, 5) is 18.4. The van der Waals surface area contributed by atoms with Crippen molar-refractivity contribution in [2.45, 2.75) is 20.8 Å². The standard InChI is InChI=1S/C21H20N4O2S/c1-12-9-15(14(3)24(12)17-7-5-6-8-18(17)27-4)10-16-19(22)25-13(2)11-28-21(25)23-20(16)26/h5-11,22H,1-4H3/b16-10+,22-19?. The number of allylic oxidation sites excluding steroid dienone is 1. The molecule has 1 aromatic carbocycles. The number of aromatic nitrogens is 1. The molecule has 1 N–H and O–H groups in total. The Balaban J connectivity index is 1.81. The van der Waals surface area contributed by atoms with Crippen LogP contribution in [0.15, 0.2) is 52.0 Å². The van der Waals surface area contributed by atoms with Gasteiger partial charge >= 0.3 is 0 Å². The van der Waals surface area contributed by atoms with Crippen LogP contribution in [0.3, 0.4) is 0 Å². The number of carbonyl (C=O) groups excluding carboxylic acids is 1. The molecule has 0 spiro atoms. The van der Waals surface area contributed by atoms with Gasteiger partial charge in [0.25, 0.3) is 5.91 Å². The minimum absolute atomic E-state index is 0.163. The number of fused-ring (bicyclic) bond motifs is 1. The molecule has 0 saturated carbocycles. The summed E-state index contributed by atoms with van der Waals surface area (Å²) in [5.74, 6) is 0.555. The highest BCUT2D eigenvalue weighted by Crippen LogP contribution is 2.33. The third-order valence-corrected chi connectivity index (χ3v) is 5.83. The van der Waals surface area contributed by atoms with Crippen LogP contribution >= 0.6 is 11.8 Å². The molecule has 2 aliphatic heterocycles. The van der Waals surface area contributed by atoms with Crippen LogP contribution < -0.4 is 4.74 Å². The molecule has 0 unspecified atom stereocenters. The molecule has 3 heterocycles. The first-order chi connectivity index (χ1) is 13.4. The summed E-state index contributed by atoms with van der Waals surface area (Å²) in [6, 6.07) is 9.82. The van der Waals surface area contributed by atoms with Crippen molar-refractivity contribution in [3.05, 3.63) is 64.0 Å². The summed E-state index contributed by atoms with van der Waals surface area (Å²) in [6.45, 7) is 5.91. The van der Waals surface area contributed by atoms with Crippen molar-refractivity contribution in [3.8, 4) is 11.4 Å². The average Bonchev–Trinajstić information content (AvgIpc) is 3.17. The van der Waals surface area contributed by atoms with Gasteiger partial charge in [0.1, 0.15) is 11.6 Å². The third kappa shape index (κ3) is 2.79. The van der Waals surface area contributed by atoms with Crippen LogP contribution in [-0.2, 0) is 4.79 Å². The number of amidine groups is 2. The van der Waals surface area contributed by atoms with Gasteiger partial charge in [-0.3, -0.25) is 15.1 Å². The molecule has 2 aliphatic rings. The van der Waals surface area contributed by atoms with E-state index in [0.717, 1.165) is 34.1 Å². The minimum Gasteiger partial charge on any atom is -0.495 e. The predicted octanol–water partition coefficient (Wildman–Crippen LogP) is 4.27. The number of nitrogens with zero attached hydrogens (tertiary/aromatic N) is 3. The lowest BCUT2D eigenvalue weighted by molar-refractivity contribution is -0.114. The molecule has 28 heavy (non-hydrogen) atoms. The first-order valence-corrected chi connectivity index (χ1v) is 9.70. The zero-order valence-electron chi connectivity index (χ0n) is 16.1. The fourth-order valence-corrected chi connectivity index (χ4v) is 4.37. The molecule has 7 heteroatoms. The zero-order chi connectivity index (χ0) is 20.0. The molecule has 0 bridgehead atoms. The summed E-state index contributed by atoms with van der Waals surface area (Å²) >= 11 is 1.37. The highest BCUT2D eigenvalue weighted by atomic mass is 32.2. The van der Waals surface area contributed by atoms with Crippen LogP contribution in [0, 0.1) is 19.3 Å². The van der Waals surface area contributed by atoms with E-state index >= 15 is 0 Å². The Morgan fingerprint density at radius 3 is 2.71 bits per heavy atom. The largest absolute Gasteiger partial charge is 0.495 e. The Kier molecular flexibility index (Phi) is 4.47. The molecule has 4 rings (SSSR count). The lowest BCUT2D eigenvalue weighted by Gasteiger charge is -2.25. The molecule has 1 amide bonds. The van der Waals surface area contributed by atoms with Gasteiger partial charge in [0.15, 0.2) is 5.17 Å². The van der Waals surface area contributed by atoms with Gasteiger partial charge in [-0.1, -0.05) is 23.9 Å². The van der Waals surface area contributed by atoms with Gasteiger partial charge in [0.05, 0.1) is 18.4 Å². The number of para-hydroxylation sites is 2. The second-order valence-corrected chi connectivity index (χ2v) is 7.49. The summed E-state index contributed by atoms with van der Waals surface area (Å²) in [5.41, 5.74) is 4.98. The van der Waals surface area contributed by atoms with Crippen LogP contribution in [0.4, 0.5) is 0 Å². The number of hydrogen-bond acceptors (Lipinski definition) is 4. The lowest BCUT2D eigenvalue weighted by Crippen LogP contribution is -2.37. The van der Waals surface area contributed by atoms with Gasteiger partial charge in [-0.25, -0.2) is 0 Å². The van der Waals surface area contributed by atoms with Crippen molar-refractivity contribution in [1.29, 1.82) is 5.41 Å². The van der Waals surface area contributed by atoms with Gasteiger partial charge in [-0.05, 0) is 56.0 Å². The van der Waals surface area contributed by atoms with Gasteiger partial charge in [-0.2, -0.15) is 4.99 Å². The van der Waals surface area contributed by atoms with Gasteiger partial charge in [0.2, 0.25) is 0 Å². The number of methoxy groups -OCH3 is 1. The van der Waals surface area contributed by atoms with E-state index in [-0.39, 0.29) is 11.7 Å². The van der Waals surface area contributed by atoms with Gasteiger partial charge in [-0.15, -0.1) is 0 Å². The van der Waals surface area contributed by atoms with Crippen molar-refractivity contribution < 1.29 is 9.53 Å². The van der Waals surface area contributed by atoms with E-state index in [1.54, 1.807) is 18.1 Å². The minimum atomic E-state index is -0.381. The van der Waals surface area contributed by atoms with E-state index in [1.807, 2.05) is 56.5 Å².